The Balaban J connectivity index is 3.01. The Bertz CT molecular complexity index is 476. The van der Waals surface area contributed by atoms with E-state index in [-0.39, 0.29) is 5.43 Å². The third-order valence-electron chi connectivity index (χ3n) is 1.61. The summed E-state index contributed by atoms with van der Waals surface area (Å²) in [7, 11) is 0. The number of aryl methyl sites for hydroxylation is 1. The van der Waals surface area contributed by atoms with Crippen LogP contribution in [0.4, 0.5) is 0 Å². The van der Waals surface area contributed by atoms with Crippen molar-refractivity contribution in [3.8, 4) is 0 Å². The molecular formula is C7H6N4O. The Kier molecular flexibility index (Phi) is 1.36. The van der Waals surface area contributed by atoms with Crippen molar-refractivity contribution in [3.05, 3.63) is 28.4 Å². The lowest BCUT2D eigenvalue weighted by molar-refractivity contribution is 0.978. The third kappa shape index (κ3) is 0.868. The molecule has 0 unspecified atom stereocenters. The normalized spacial score (nSPS) is 10.4. The van der Waals surface area contributed by atoms with Gasteiger partial charge >= 0.3 is 0 Å². The first-order valence-electron chi connectivity index (χ1n) is 3.44. The van der Waals surface area contributed by atoms with Crippen molar-refractivity contribution in [1.82, 2.24) is 20.2 Å². The molecule has 0 amide bonds. The van der Waals surface area contributed by atoms with E-state index in [2.05, 4.69) is 20.2 Å². The molecule has 0 aliphatic carbocycles. The fraction of sp³-hybridized carbons (Fsp3) is 0.143. The van der Waals surface area contributed by atoms with E-state index in [1.807, 2.05) is 0 Å². The molecule has 0 aliphatic rings. The quantitative estimate of drug-likeness (QED) is 0.592. The molecule has 2 aromatic heterocycles. The molecule has 12 heavy (non-hydrogen) atoms. The monoisotopic (exact) mass is 162 g/mol. The highest BCUT2D eigenvalue weighted by Gasteiger charge is 2.01. The smallest absolute Gasteiger partial charge is 0.214 e. The van der Waals surface area contributed by atoms with Crippen LogP contribution in [-0.2, 0) is 0 Å². The maximum absolute atomic E-state index is 11.4. The van der Waals surface area contributed by atoms with Crippen LogP contribution in [0.5, 0.6) is 0 Å². The average molecular weight is 162 g/mol. The third-order valence-corrected chi connectivity index (χ3v) is 1.61. The zero-order valence-electron chi connectivity index (χ0n) is 6.40. The van der Waals surface area contributed by atoms with E-state index in [4.69, 9.17) is 0 Å². The van der Waals surface area contributed by atoms with Crippen molar-refractivity contribution < 1.29 is 0 Å². The number of rotatable bonds is 0. The fourth-order valence-corrected chi connectivity index (χ4v) is 0.967. The molecule has 2 aromatic rings. The standard InChI is InChI=1S/C7H6N4O/c1-4-6(12)5-2-8-3-9-7(5)11-10-4/h2-3H,1H3,(H,8,9,11,12). The van der Waals surface area contributed by atoms with E-state index < -0.39 is 0 Å². The maximum Gasteiger partial charge on any atom is 0.214 e. The minimum Gasteiger partial charge on any atom is -0.287 e. The number of nitrogens with zero attached hydrogens (tertiary/aromatic N) is 3. The van der Waals surface area contributed by atoms with Gasteiger partial charge in [-0.15, -0.1) is 0 Å². The largest absolute Gasteiger partial charge is 0.287 e. The van der Waals surface area contributed by atoms with Gasteiger partial charge in [0.1, 0.15) is 12.0 Å². The van der Waals surface area contributed by atoms with E-state index >= 15 is 0 Å². The number of hydrogen-bond acceptors (Lipinski definition) is 4. The van der Waals surface area contributed by atoms with Crippen LogP contribution in [-0.4, -0.2) is 20.2 Å². The van der Waals surface area contributed by atoms with Crippen molar-refractivity contribution in [2.75, 3.05) is 0 Å². The molecule has 0 saturated heterocycles. The van der Waals surface area contributed by atoms with Crippen molar-refractivity contribution in [2.45, 2.75) is 6.92 Å². The number of aromatic amines is 1. The van der Waals surface area contributed by atoms with Crippen LogP contribution < -0.4 is 5.43 Å². The Labute approximate surface area is 67.5 Å². The van der Waals surface area contributed by atoms with E-state index in [1.54, 1.807) is 6.92 Å². The van der Waals surface area contributed by atoms with Gasteiger partial charge in [-0.3, -0.25) is 9.89 Å². The summed E-state index contributed by atoms with van der Waals surface area (Å²) in [5.41, 5.74) is 0.780. The number of fused-ring (bicyclic) bond motifs is 1. The van der Waals surface area contributed by atoms with Crippen LogP contribution >= 0.6 is 0 Å². The maximum atomic E-state index is 11.4. The lowest BCUT2D eigenvalue weighted by Crippen LogP contribution is -2.10. The summed E-state index contributed by atoms with van der Waals surface area (Å²) in [5.74, 6) is 0. The molecule has 5 nitrogen and oxygen atoms in total. The molecule has 60 valence electrons. The first kappa shape index (κ1) is 6.90. The Morgan fingerprint density at radius 2 is 2.33 bits per heavy atom. The van der Waals surface area contributed by atoms with Crippen LogP contribution in [0.25, 0.3) is 11.0 Å². The molecule has 2 heterocycles. The predicted molar refractivity (Wildman–Crippen MR) is 42.7 cm³/mol. The Hall–Kier alpha value is -1.78. The van der Waals surface area contributed by atoms with Gasteiger partial charge in [0.25, 0.3) is 0 Å². The highest BCUT2D eigenvalue weighted by molar-refractivity contribution is 5.72. The lowest BCUT2D eigenvalue weighted by atomic mass is 10.3. The van der Waals surface area contributed by atoms with Crippen molar-refractivity contribution in [3.63, 3.8) is 0 Å². The second-order valence-corrected chi connectivity index (χ2v) is 2.42. The van der Waals surface area contributed by atoms with E-state index in [9.17, 15) is 4.79 Å². The molecule has 5 heteroatoms. The zero-order chi connectivity index (χ0) is 8.55. The van der Waals surface area contributed by atoms with Crippen LogP contribution in [0.15, 0.2) is 17.3 Å². The van der Waals surface area contributed by atoms with E-state index in [1.165, 1.54) is 12.5 Å². The summed E-state index contributed by atoms with van der Waals surface area (Å²) in [4.78, 5) is 19.0. The van der Waals surface area contributed by atoms with Gasteiger partial charge in [0.15, 0.2) is 5.65 Å². The topological polar surface area (TPSA) is 71.5 Å². The van der Waals surface area contributed by atoms with Crippen molar-refractivity contribution in [1.29, 1.82) is 0 Å². The summed E-state index contributed by atoms with van der Waals surface area (Å²) in [5, 5.41) is 6.91. The van der Waals surface area contributed by atoms with Gasteiger partial charge in [-0.2, -0.15) is 5.10 Å². The zero-order valence-corrected chi connectivity index (χ0v) is 6.40. The molecule has 0 fully saturated rings. The number of H-pyrrole nitrogens is 1. The summed E-state index contributed by atoms with van der Waals surface area (Å²) < 4.78 is 0. The summed E-state index contributed by atoms with van der Waals surface area (Å²) in [6.45, 7) is 1.64. The molecule has 0 bridgehead atoms. The van der Waals surface area contributed by atoms with Gasteiger partial charge in [0, 0.05) is 6.20 Å². The minimum absolute atomic E-state index is 0.121. The molecule has 1 N–H and O–H groups in total. The van der Waals surface area contributed by atoms with Crippen LogP contribution in [0.3, 0.4) is 0 Å². The van der Waals surface area contributed by atoms with Crippen LogP contribution in [0.2, 0.25) is 0 Å². The Morgan fingerprint density at radius 1 is 1.50 bits per heavy atom. The average Bonchev–Trinajstić information content (AvgIpc) is 2.12. The van der Waals surface area contributed by atoms with Gasteiger partial charge in [-0.1, -0.05) is 0 Å². The molecule has 2 rings (SSSR count). The molecular weight excluding hydrogens is 156 g/mol. The number of nitrogens with one attached hydrogen (secondary N) is 1. The SMILES string of the molecule is Cc1n[nH]c2ncncc2c1=O. The summed E-state index contributed by atoms with van der Waals surface area (Å²) in [6.07, 6.45) is 2.85. The second-order valence-electron chi connectivity index (χ2n) is 2.42. The summed E-state index contributed by atoms with van der Waals surface area (Å²) in [6, 6.07) is 0. The second kappa shape index (κ2) is 2.37. The molecule has 0 aromatic carbocycles. The highest BCUT2D eigenvalue weighted by Crippen LogP contribution is 1.97. The van der Waals surface area contributed by atoms with E-state index in [0.717, 1.165) is 0 Å². The number of aromatic nitrogens is 4. The molecule has 0 atom stereocenters. The van der Waals surface area contributed by atoms with Crippen molar-refractivity contribution >= 4 is 11.0 Å². The molecule has 0 radical (unpaired) electrons. The number of hydrogen-bond donors (Lipinski definition) is 1. The van der Waals surface area contributed by atoms with E-state index in [0.29, 0.717) is 16.7 Å². The lowest BCUT2D eigenvalue weighted by Gasteiger charge is -1.94. The fourth-order valence-electron chi connectivity index (χ4n) is 0.967. The molecule has 0 spiro atoms. The predicted octanol–water partition coefficient (Wildman–Crippen LogP) is 0.0215. The molecule has 0 saturated carbocycles. The molecule has 0 aliphatic heterocycles. The van der Waals surface area contributed by atoms with Gasteiger partial charge in [0.2, 0.25) is 5.43 Å². The van der Waals surface area contributed by atoms with Gasteiger partial charge in [-0.05, 0) is 6.92 Å². The first-order chi connectivity index (χ1) is 5.79. The minimum atomic E-state index is -0.121. The first-order valence-corrected chi connectivity index (χ1v) is 3.44. The van der Waals surface area contributed by atoms with Gasteiger partial charge in [-0.25, -0.2) is 9.97 Å². The highest BCUT2D eigenvalue weighted by atomic mass is 16.1. The van der Waals surface area contributed by atoms with Crippen LogP contribution in [0, 0.1) is 6.92 Å². The van der Waals surface area contributed by atoms with Crippen molar-refractivity contribution in [2.24, 2.45) is 0 Å². The van der Waals surface area contributed by atoms with Gasteiger partial charge in [0.05, 0.1) is 5.39 Å². The Morgan fingerprint density at radius 3 is 3.17 bits per heavy atom. The van der Waals surface area contributed by atoms with Crippen LogP contribution in [0.1, 0.15) is 5.69 Å². The van der Waals surface area contributed by atoms with Gasteiger partial charge < -0.3 is 0 Å². The summed E-state index contributed by atoms with van der Waals surface area (Å²) >= 11 is 0.